The molecule has 3 heterocycles. The molecule has 2 amide bonds. The van der Waals surface area contributed by atoms with Gasteiger partial charge in [0.15, 0.2) is 0 Å². The molecule has 2 N–H and O–H groups in total. The van der Waals surface area contributed by atoms with E-state index in [2.05, 4.69) is 45.2 Å². The Bertz CT molecular complexity index is 1770. The number of fused-ring (bicyclic) bond motifs is 10. The normalized spacial score (nSPS) is 13.5. The van der Waals surface area contributed by atoms with Crippen molar-refractivity contribution in [2.75, 3.05) is 0 Å². The van der Waals surface area contributed by atoms with Crippen molar-refractivity contribution in [1.82, 2.24) is 14.9 Å². The van der Waals surface area contributed by atoms with Gasteiger partial charge in [-0.1, -0.05) is 66.7 Å². The highest BCUT2D eigenvalue weighted by Crippen LogP contribution is 2.43. The van der Waals surface area contributed by atoms with Gasteiger partial charge in [-0.05, 0) is 24.1 Å². The van der Waals surface area contributed by atoms with Gasteiger partial charge in [-0.25, -0.2) is 0 Å². The Hall–Kier alpha value is -4.38. The van der Waals surface area contributed by atoms with Gasteiger partial charge in [0.2, 0.25) is 0 Å². The maximum Gasteiger partial charge on any atom is 0.259 e. The summed E-state index contributed by atoms with van der Waals surface area (Å²) >= 11 is 0. The summed E-state index contributed by atoms with van der Waals surface area (Å²) in [6.45, 7) is 0.757. The van der Waals surface area contributed by atoms with E-state index in [-0.39, 0.29) is 11.8 Å². The van der Waals surface area contributed by atoms with E-state index in [9.17, 15) is 9.59 Å². The summed E-state index contributed by atoms with van der Waals surface area (Å²) in [5, 5.41) is 6.16. The zero-order valence-electron chi connectivity index (χ0n) is 17.7. The van der Waals surface area contributed by atoms with E-state index in [0.29, 0.717) is 11.1 Å². The Morgan fingerprint density at radius 1 is 0.697 bits per heavy atom. The number of rotatable bonds is 3. The van der Waals surface area contributed by atoms with Crippen LogP contribution in [0.5, 0.6) is 0 Å². The quantitative estimate of drug-likeness (QED) is 0.362. The summed E-state index contributed by atoms with van der Waals surface area (Å²) in [5.41, 5.74) is 6.11. The Labute approximate surface area is 188 Å². The number of hydrogen-bond acceptors (Lipinski definition) is 2. The Morgan fingerprint density at radius 2 is 1.36 bits per heavy atom. The lowest BCUT2D eigenvalue weighted by atomic mass is 9.97. The molecule has 0 spiro atoms. The minimum atomic E-state index is -0.326. The molecule has 0 radical (unpaired) electrons. The van der Waals surface area contributed by atoms with Crippen LogP contribution in [0.15, 0.2) is 78.9 Å². The molecule has 33 heavy (non-hydrogen) atoms. The van der Waals surface area contributed by atoms with Crippen molar-refractivity contribution < 1.29 is 9.59 Å². The molecule has 0 saturated heterocycles. The zero-order valence-corrected chi connectivity index (χ0v) is 17.7. The number of H-pyrrole nitrogens is 1. The summed E-state index contributed by atoms with van der Waals surface area (Å²) in [5.74, 6) is -0.647. The van der Waals surface area contributed by atoms with Crippen molar-refractivity contribution in [1.29, 1.82) is 0 Å². The van der Waals surface area contributed by atoms with Crippen LogP contribution in [0.2, 0.25) is 0 Å². The monoisotopic (exact) mass is 429 g/mol. The molecule has 5 nitrogen and oxygen atoms in total. The second-order valence-electron chi connectivity index (χ2n) is 8.58. The zero-order chi connectivity index (χ0) is 22.1. The van der Waals surface area contributed by atoms with Crippen LogP contribution < -0.4 is 5.32 Å². The Morgan fingerprint density at radius 3 is 2.18 bits per heavy atom. The number of nitrogens with one attached hydrogen (secondary N) is 2. The van der Waals surface area contributed by atoms with E-state index < -0.39 is 0 Å². The molecule has 1 aliphatic heterocycles. The van der Waals surface area contributed by atoms with Crippen LogP contribution in [-0.2, 0) is 13.0 Å². The number of imide groups is 1. The van der Waals surface area contributed by atoms with E-state index in [1.807, 2.05) is 48.5 Å². The largest absolute Gasteiger partial charge is 0.353 e. The predicted octanol–water partition coefficient (Wildman–Crippen LogP) is 5.56. The van der Waals surface area contributed by atoms with Crippen LogP contribution in [0, 0.1) is 0 Å². The average Bonchev–Trinajstić information content (AvgIpc) is 3.47. The first kappa shape index (κ1) is 18.2. The summed E-state index contributed by atoms with van der Waals surface area (Å²) in [6.07, 6.45) is 0.860. The third-order valence-corrected chi connectivity index (χ3v) is 6.81. The summed E-state index contributed by atoms with van der Waals surface area (Å²) in [4.78, 5) is 29.6. The van der Waals surface area contributed by atoms with Crippen LogP contribution in [0.1, 0.15) is 26.3 Å². The molecule has 7 rings (SSSR count). The SMILES string of the molecule is O=C1NC(=O)c2c1c1c3ccccc3[nH]c1c1c2c2ccccc2n1CCc1ccccc1. The first-order valence-electron chi connectivity index (χ1n) is 11.1. The number of nitrogens with zero attached hydrogens (tertiary/aromatic N) is 1. The number of benzene rings is 4. The fraction of sp³-hybridized carbons (Fsp3) is 0.0714. The number of aromatic amines is 1. The lowest BCUT2D eigenvalue weighted by molar-refractivity contribution is 0.0880. The molecule has 0 aliphatic carbocycles. The van der Waals surface area contributed by atoms with Gasteiger partial charge >= 0.3 is 0 Å². The molecule has 5 heteroatoms. The maximum absolute atomic E-state index is 13.1. The minimum Gasteiger partial charge on any atom is -0.353 e. The third kappa shape index (κ3) is 2.42. The number of amides is 2. The summed E-state index contributed by atoms with van der Waals surface area (Å²) < 4.78 is 2.30. The molecule has 4 aromatic carbocycles. The van der Waals surface area contributed by atoms with Gasteiger partial charge in [0.1, 0.15) is 0 Å². The fourth-order valence-electron chi connectivity index (χ4n) is 5.45. The standard InChI is InChI=1S/C28H19N3O2/c32-27-23-21-17-10-4-6-12-19(17)29-25(21)26-22(24(23)28(33)30-27)18-11-5-7-13-20(18)31(26)15-14-16-8-2-1-3-9-16/h1-13,29H,14-15H2,(H,30,32,33). The first-order valence-corrected chi connectivity index (χ1v) is 11.1. The molecular weight excluding hydrogens is 410 g/mol. The number of carbonyl (C=O) groups is 2. The van der Waals surface area contributed by atoms with E-state index in [1.165, 1.54) is 5.56 Å². The van der Waals surface area contributed by atoms with Gasteiger partial charge in [-0.2, -0.15) is 0 Å². The molecule has 6 aromatic rings. The van der Waals surface area contributed by atoms with E-state index in [1.54, 1.807) is 0 Å². The number of para-hydroxylation sites is 2. The van der Waals surface area contributed by atoms with Crippen molar-refractivity contribution >= 4 is 55.4 Å². The van der Waals surface area contributed by atoms with Crippen LogP contribution in [0.25, 0.3) is 43.6 Å². The Balaban J connectivity index is 1.66. The minimum absolute atomic E-state index is 0.321. The molecule has 0 fully saturated rings. The smallest absolute Gasteiger partial charge is 0.259 e. The number of aryl methyl sites for hydroxylation is 2. The average molecular weight is 429 g/mol. The predicted molar refractivity (Wildman–Crippen MR) is 131 cm³/mol. The van der Waals surface area contributed by atoms with Crippen LogP contribution in [0.3, 0.4) is 0 Å². The van der Waals surface area contributed by atoms with Gasteiger partial charge < -0.3 is 9.55 Å². The first-order chi connectivity index (χ1) is 16.2. The van der Waals surface area contributed by atoms with Crippen LogP contribution in [-0.4, -0.2) is 21.4 Å². The second-order valence-corrected chi connectivity index (χ2v) is 8.58. The third-order valence-electron chi connectivity index (χ3n) is 6.81. The summed E-state index contributed by atoms with van der Waals surface area (Å²) in [7, 11) is 0. The van der Waals surface area contributed by atoms with Crippen molar-refractivity contribution in [3.05, 3.63) is 95.6 Å². The number of hydrogen-bond donors (Lipinski definition) is 2. The highest BCUT2D eigenvalue weighted by Gasteiger charge is 2.35. The van der Waals surface area contributed by atoms with Crippen molar-refractivity contribution in [3.8, 4) is 0 Å². The number of carbonyl (C=O) groups excluding carboxylic acids is 2. The van der Waals surface area contributed by atoms with E-state index >= 15 is 0 Å². The molecule has 0 unspecified atom stereocenters. The highest BCUT2D eigenvalue weighted by molar-refractivity contribution is 6.39. The Kier molecular flexibility index (Phi) is 3.62. The van der Waals surface area contributed by atoms with Crippen molar-refractivity contribution in [3.63, 3.8) is 0 Å². The lowest BCUT2D eigenvalue weighted by Crippen LogP contribution is -2.20. The molecule has 2 aromatic heterocycles. The van der Waals surface area contributed by atoms with Crippen LogP contribution >= 0.6 is 0 Å². The number of aromatic nitrogens is 2. The summed E-state index contributed by atoms with van der Waals surface area (Å²) in [6, 6.07) is 26.5. The molecule has 158 valence electrons. The van der Waals surface area contributed by atoms with Crippen molar-refractivity contribution in [2.24, 2.45) is 0 Å². The van der Waals surface area contributed by atoms with Gasteiger partial charge in [0.05, 0.1) is 22.2 Å². The second kappa shape index (κ2) is 6.56. The highest BCUT2D eigenvalue weighted by atomic mass is 16.2. The lowest BCUT2D eigenvalue weighted by Gasteiger charge is -2.10. The molecule has 0 atom stereocenters. The topological polar surface area (TPSA) is 66.9 Å². The molecule has 0 bridgehead atoms. The molecule has 0 saturated carbocycles. The van der Waals surface area contributed by atoms with Gasteiger partial charge in [-0.15, -0.1) is 0 Å². The van der Waals surface area contributed by atoms with Gasteiger partial charge in [0, 0.05) is 39.1 Å². The van der Waals surface area contributed by atoms with Crippen molar-refractivity contribution in [2.45, 2.75) is 13.0 Å². The van der Waals surface area contributed by atoms with Crippen LogP contribution in [0.4, 0.5) is 0 Å². The van der Waals surface area contributed by atoms with Gasteiger partial charge in [-0.3, -0.25) is 14.9 Å². The van der Waals surface area contributed by atoms with E-state index in [0.717, 1.165) is 56.6 Å². The van der Waals surface area contributed by atoms with Gasteiger partial charge in [0.25, 0.3) is 11.8 Å². The molecule has 1 aliphatic rings. The maximum atomic E-state index is 13.1. The van der Waals surface area contributed by atoms with E-state index in [4.69, 9.17) is 0 Å². The molecular formula is C28H19N3O2. The fourth-order valence-corrected chi connectivity index (χ4v) is 5.45.